The number of benzene rings is 2. The number of amides is 1. The molecular weight excluding hydrogens is 466 g/mol. The largest absolute Gasteiger partial charge is 0.367 e. The number of Topliss-reactive ketones (excluding diaryl/α,β-unsaturated/α-hetero) is 1. The molecule has 166 valence electrons. The number of nitrogens with zero attached hydrogens (tertiary/aromatic N) is 2. The average Bonchev–Trinajstić information content (AvgIpc) is 3.56. The fourth-order valence-electron chi connectivity index (χ4n) is 4.74. The van der Waals surface area contributed by atoms with E-state index in [4.69, 9.17) is 0 Å². The van der Waals surface area contributed by atoms with Crippen LogP contribution in [0.15, 0.2) is 59.2 Å². The lowest BCUT2D eigenvalue weighted by Gasteiger charge is -2.37. The highest BCUT2D eigenvalue weighted by molar-refractivity contribution is 9.10. The van der Waals surface area contributed by atoms with Gasteiger partial charge in [-0.15, -0.1) is 0 Å². The van der Waals surface area contributed by atoms with Gasteiger partial charge in [-0.3, -0.25) is 9.59 Å². The summed E-state index contributed by atoms with van der Waals surface area (Å²) in [7, 11) is 0. The molecule has 1 aromatic heterocycles. The topological polar surface area (TPSA) is 56.4 Å². The van der Waals surface area contributed by atoms with E-state index in [9.17, 15) is 9.59 Å². The third-order valence-electron chi connectivity index (χ3n) is 6.79. The number of hydrogen-bond donors (Lipinski definition) is 1. The second-order valence-electron chi connectivity index (χ2n) is 8.98. The van der Waals surface area contributed by atoms with Gasteiger partial charge in [0.1, 0.15) is 5.78 Å². The Morgan fingerprint density at radius 1 is 0.969 bits per heavy atom. The van der Waals surface area contributed by atoms with Crippen molar-refractivity contribution in [1.29, 1.82) is 0 Å². The van der Waals surface area contributed by atoms with E-state index in [1.165, 1.54) is 11.1 Å². The van der Waals surface area contributed by atoms with Gasteiger partial charge in [-0.2, -0.15) is 0 Å². The van der Waals surface area contributed by atoms with E-state index < -0.39 is 0 Å². The molecule has 0 spiro atoms. The number of piperazine rings is 1. The Balaban J connectivity index is 1.24. The molecule has 1 aliphatic carbocycles. The number of carbonyl (C=O) groups excluding carboxylic acids is 2. The van der Waals surface area contributed by atoms with Crippen LogP contribution in [0.25, 0.3) is 10.9 Å². The molecule has 5 nitrogen and oxygen atoms in total. The number of ketones is 1. The molecule has 0 radical (unpaired) electrons. The van der Waals surface area contributed by atoms with Gasteiger partial charge in [-0.25, -0.2) is 0 Å². The lowest BCUT2D eigenvalue weighted by atomic mass is 9.89. The van der Waals surface area contributed by atoms with Crippen LogP contribution < -0.4 is 4.90 Å². The zero-order valence-corrected chi connectivity index (χ0v) is 19.7. The molecule has 2 aliphatic rings. The molecule has 5 rings (SSSR count). The van der Waals surface area contributed by atoms with Crippen LogP contribution in [0.5, 0.6) is 0 Å². The zero-order valence-electron chi connectivity index (χ0n) is 18.1. The molecule has 1 saturated carbocycles. The number of H-pyrrole nitrogens is 1. The first-order valence-corrected chi connectivity index (χ1v) is 12.2. The third kappa shape index (κ3) is 4.60. The van der Waals surface area contributed by atoms with Gasteiger partial charge in [0.2, 0.25) is 5.91 Å². The highest BCUT2D eigenvalue weighted by Gasteiger charge is 2.33. The van der Waals surface area contributed by atoms with Crippen LogP contribution in [0.3, 0.4) is 0 Å². The number of rotatable bonds is 7. The maximum absolute atomic E-state index is 13.2. The van der Waals surface area contributed by atoms with E-state index >= 15 is 0 Å². The van der Waals surface area contributed by atoms with Crippen LogP contribution >= 0.6 is 15.9 Å². The summed E-state index contributed by atoms with van der Waals surface area (Å²) in [6.45, 7) is 3.06. The van der Waals surface area contributed by atoms with Crippen LogP contribution in [0.2, 0.25) is 0 Å². The summed E-state index contributed by atoms with van der Waals surface area (Å²) in [5.74, 6) is 0.647. The fraction of sp³-hybridized carbons (Fsp3) is 0.385. The number of halogens is 1. The summed E-state index contributed by atoms with van der Waals surface area (Å²) in [5.41, 5.74) is 3.44. The molecule has 1 saturated heterocycles. The fourth-order valence-corrected chi connectivity index (χ4v) is 5.00. The second kappa shape index (κ2) is 9.10. The Kier molecular flexibility index (Phi) is 6.05. The summed E-state index contributed by atoms with van der Waals surface area (Å²) < 4.78 is 1.01. The van der Waals surface area contributed by atoms with Gasteiger partial charge in [-0.05, 0) is 54.7 Å². The highest BCUT2D eigenvalue weighted by Crippen LogP contribution is 2.35. The summed E-state index contributed by atoms with van der Waals surface area (Å²) in [6.07, 6.45) is 4.85. The molecule has 1 N–H and O–H groups in total. The monoisotopic (exact) mass is 493 g/mol. The molecule has 1 amide bonds. The summed E-state index contributed by atoms with van der Waals surface area (Å²) in [4.78, 5) is 33.4. The first kappa shape index (κ1) is 21.3. The Hall–Kier alpha value is -2.60. The molecule has 2 heterocycles. The zero-order chi connectivity index (χ0) is 22.1. The van der Waals surface area contributed by atoms with E-state index in [0.717, 1.165) is 41.5 Å². The normalized spacial score (nSPS) is 17.5. The highest BCUT2D eigenvalue weighted by atomic mass is 79.9. The number of aromatic amines is 1. The molecule has 6 heteroatoms. The number of carbonyl (C=O) groups is 2. The molecule has 1 unspecified atom stereocenters. The summed E-state index contributed by atoms with van der Waals surface area (Å²) >= 11 is 3.48. The summed E-state index contributed by atoms with van der Waals surface area (Å²) in [6, 6.07) is 16.5. The average molecular weight is 494 g/mol. The minimum atomic E-state index is -0.0460. The maximum atomic E-state index is 13.2. The van der Waals surface area contributed by atoms with Crippen LogP contribution in [0.4, 0.5) is 5.69 Å². The predicted octanol–water partition coefficient (Wildman–Crippen LogP) is 5.12. The van der Waals surface area contributed by atoms with Crippen molar-refractivity contribution in [3.8, 4) is 0 Å². The number of nitrogens with one attached hydrogen (secondary N) is 1. The molecular formula is C26H28BrN3O2. The quantitative estimate of drug-likeness (QED) is 0.496. The number of aromatic nitrogens is 1. The first-order valence-electron chi connectivity index (χ1n) is 11.5. The summed E-state index contributed by atoms with van der Waals surface area (Å²) in [5, 5.41) is 1.22. The van der Waals surface area contributed by atoms with Crippen molar-refractivity contribution in [3.05, 3.63) is 64.8 Å². The van der Waals surface area contributed by atoms with Crippen LogP contribution in [0.1, 0.15) is 37.2 Å². The number of hydrogen-bond acceptors (Lipinski definition) is 3. The van der Waals surface area contributed by atoms with E-state index in [2.05, 4.69) is 50.1 Å². The van der Waals surface area contributed by atoms with Gasteiger partial charge >= 0.3 is 0 Å². The van der Waals surface area contributed by atoms with Gasteiger partial charge in [0.25, 0.3) is 0 Å². The minimum absolute atomic E-state index is 0.0460. The molecule has 1 atom stereocenters. The van der Waals surface area contributed by atoms with Gasteiger partial charge in [-0.1, -0.05) is 34.1 Å². The SMILES string of the molecule is O=C(CC(CC(=O)N1CCN(c2cccc3[nH]ccc23)CC1)c1ccc(Br)cc1)C1CC1. The van der Waals surface area contributed by atoms with Crippen molar-refractivity contribution in [2.24, 2.45) is 5.92 Å². The molecule has 3 aromatic rings. The van der Waals surface area contributed by atoms with Crippen molar-refractivity contribution in [1.82, 2.24) is 9.88 Å². The molecule has 2 fully saturated rings. The molecule has 2 aromatic carbocycles. The smallest absolute Gasteiger partial charge is 0.223 e. The Morgan fingerprint density at radius 3 is 2.44 bits per heavy atom. The van der Waals surface area contributed by atoms with Crippen molar-refractivity contribution >= 4 is 44.2 Å². The van der Waals surface area contributed by atoms with Crippen molar-refractivity contribution in [2.75, 3.05) is 31.1 Å². The Morgan fingerprint density at radius 2 is 1.72 bits per heavy atom. The standard InChI is InChI=1S/C26H28BrN3O2/c27-21-8-6-18(7-9-21)20(16-25(31)19-4-5-19)17-26(32)30-14-12-29(13-15-30)24-3-1-2-23-22(24)10-11-28-23/h1-3,6-11,19-20,28H,4-5,12-17H2. The Labute approximate surface area is 196 Å². The van der Waals surface area contributed by atoms with E-state index in [-0.39, 0.29) is 17.7 Å². The van der Waals surface area contributed by atoms with Crippen LogP contribution in [-0.4, -0.2) is 47.8 Å². The van der Waals surface area contributed by atoms with Gasteiger partial charge in [0, 0.05) is 72.2 Å². The second-order valence-corrected chi connectivity index (χ2v) is 9.90. The van der Waals surface area contributed by atoms with Crippen LogP contribution in [0, 0.1) is 5.92 Å². The van der Waals surface area contributed by atoms with E-state index in [0.29, 0.717) is 31.7 Å². The Bertz CT molecular complexity index is 1110. The third-order valence-corrected chi connectivity index (χ3v) is 7.32. The van der Waals surface area contributed by atoms with Crippen LogP contribution in [-0.2, 0) is 9.59 Å². The van der Waals surface area contributed by atoms with Crippen molar-refractivity contribution < 1.29 is 9.59 Å². The lowest BCUT2D eigenvalue weighted by Crippen LogP contribution is -2.49. The van der Waals surface area contributed by atoms with E-state index in [1.54, 1.807) is 0 Å². The number of anilines is 1. The van der Waals surface area contributed by atoms with Crippen molar-refractivity contribution in [2.45, 2.75) is 31.6 Å². The van der Waals surface area contributed by atoms with Gasteiger partial charge < -0.3 is 14.8 Å². The minimum Gasteiger partial charge on any atom is -0.367 e. The van der Waals surface area contributed by atoms with Crippen molar-refractivity contribution in [3.63, 3.8) is 0 Å². The maximum Gasteiger partial charge on any atom is 0.223 e. The number of fused-ring (bicyclic) bond motifs is 1. The molecule has 1 aliphatic heterocycles. The first-order chi connectivity index (χ1) is 15.6. The van der Waals surface area contributed by atoms with E-state index in [1.807, 2.05) is 35.4 Å². The molecule has 0 bridgehead atoms. The molecule has 32 heavy (non-hydrogen) atoms. The van der Waals surface area contributed by atoms with Gasteiger partial charge in [0.15, 0.2) is 0 Å². The lowest BCUT2D eigenvalue weighted by molar-refractivity contribution is -0.132. The van der Waals surface area contributed by atoms with Gasteiger partial charge in [0.05, 0.1) is 0 Å². The predicted molar refractivity (Wildman–Crippen MR) is 131 cm³/mol.